The molecule has 0 saturated carbocycles. The molecule has 0 spiro atoms. The first kappa shape index (κ1) is 22.4. The van der Waals surface area contributed by atoms with Crippen molar-refractivity contribution in [3.05, 3.63) is 35.2 Å². The van der Waals surface area contributed by atoms with Crippen molar-refractivity contribution in [3.8, 4) is 0 Å². The molecule has 1 aromatic carbocycles. The summed E-state index contributed by atoms with van der Waals surface area (Å²) in [7, 11) is 6.09. The molecule has 27 heavy (non-hydrogen) atoms. The number of aliphatic imine (C=N–C) groups is 1. The van der Waals surface area contributed by atoms with Gasteiger partial charge in [-0.3, -0.25) is 9.89 Å². The van der Waals surface area contributed by atoms with Gasteiger partial charge in [0, 0.05) is 55.4 Å². The highest BCUT2D eigenvalue weighted by atomic mass is 127. The van der Waals surface area contributed by atoms with Crippen LogP contribution in [-0.4, -0.2) is 80.8 Å². The molecule has 150 valence electrons. The van der Waals surface area contributed by atoms with Crippen molar-refractivity contribution in [2.24, 2.45) is 4.99 Å². The molecular weight excluding hydrogens is 473 g/mol. The molecule has 1 fully saturated rings. The lowest BCUT2D eigenvalue weighted by Crippen LogP contribution is -2.55. The number of thiophene rings is 1. The Hall–Kier alpha value is -0.940. The van der Waals surface area contributed by atoms with Gasteiger partial charge < -0.3 is 20.6 Å². The van der Waals surface area contributed by atoms with E-state index in [0.717, 1.165) is 37.0 Å². The van der Waals surface area contributed by atoms with Crippen LogP contribution < -0.4 is 10.6 Å². The molecule has 3 N–H and O–H groups in total. The van der Waals surface area contributed by atoms with Crippen LogP contribution in [0.25, 0.3) is 10.1 Å². The zero-order valence-electron chi connectivity index (χ0n) is 16.2. The van der Waals surface area contributed by atoms with E-state index in [-0.39, 0.29) is 24.0 Å². The maximum absolute atomic E-state index is 10.5. The third kappa shape index (κ3) is 6.02. The lowest BCUT2D eigenvalue weighted by molar-refractivity contribution is 0.116. The predicted molar refractivity (Wildman–Crippen MR) is 125 cm³/mol. The molecule has 1 aliphatic rings. The highest BCUT2D eigenvalue weighted by Crippen LogP contribution is 2.29. The van der Waals surface area contributed by atoms with Gasteiger partial charge in [-0.1, -0.05) is 18.2 Å². The largest absolute Gasteiger partial charge is 0.386 e. The van der Waals surface area contributed by atoms with Crippen LogP contribution >= 0.6 is 35.3 Å². The van der Waals surface area contributed by atoms with E-state index in [1.165, 1.54) is 10.1 Å². The number of aliphatic hydroxyl groups excluding tert-OH is 1. The van der Waals surface area contributed by atoms with E-state index < -0.39 is 6.10 Å². The fourth-order valence-corrected chi connectivity index (χ4v) is 4.27. The van der Waals surface area contributed by atoms with Crippen molar-refractivity contribution >= 4 is 51.4 Å². The van der Waals surface area contributed by atoms with Crippen molar-refractivity contribution in [2.45, 2.75) is 12.1 Å². The number of nitrogens with one attached hydrogen (secondary N) is 2. The highest BCUT2D eigenvalue weighted by Gasteiger charge is 2.22. The smallest absolute Gasteiger partial charge is 0.191 e. The summed E-state index contributed by atoms with van der Waals surface area (Å²) in [5.74, 6) is 0.729. The molecule has 0 bridgehead atoms. The molecule has 2 unspecified atom stereocenters. The van der Waals surface area contributed by atoms with Gasteiger partial charge in [0.1, 0.15) is 6.10 Å². The lowest BCUT2D eigenvalue weighted by Gasteiger charge is -2.37. The van der Waals surface area contributed by atoms with Crippen molar-refractivity contribution in [3.63, 3.8) is 0 Å². The minimum absolute atomic E-state index is 0. The first-order valence-corrected chi connectivity index (χ1v) is 9.88. The van der Waals surface area contributed by atoms with Crippen LogP contribution in [-0.2, 0) is 0 Å². The van der Waals surface area contributed by atoms with Crippen molar-refractivity contribution in [2.75, 3.05) is 53.9 Å². The van der Waals surface area contributed by atoms with E-state index in [2.05, 4.69) is 57.7 Å². The molecule has 2 atom stereocenters. The van der Waals surface area contributed by atoms with Gasteiger partial charge >= 0.3 is 0 Å². The summed E-state index contributed by atoms with van der Waals surface area (Å²) in [6.07, 6.45) is -0.547. The van der Waals surface area contributed by atoms with Crippen LogP contribution in [0.3, 0.4) is 0 Å². The molecular formula is C19H30IN5OS. The van der Waals surface area contributed by atoms with Crippen molar-refractivity contribution in [1.82, 2.24) is 20.4 Å². The Morgan fingerprint density at radius 2 is 2.07 bits per heavy atom. The minimum Gasteiger partial charge on any atom is -0.386 e. The van der Waals surface area contributed by atoms with Crippen LogP contribution in [0, 0.1) is 0 Å². The van der Waals surface area contributed by atoms with E-state index in [9.17, 15) is 5.11 Å². The van der Waals surface area contributed by atoms with E-state index in [1.807, 2.05) is 12.1 Å². The first-order valence-electron chi connectivity index (χ1n) is 9.06. The number of rotatable bonds is 5. The number of piperazine rings is 1. The summed E-state index contributed by atoms with van der Waals surface area (Å²) >= 11 is 1.64. The highest BCUT2D eigenvalue weighted by molar-refractivity contribution is 14.0. The molecule has 3 rings (SSSR count). The summed E-state index contributed by atoms with van der Waals surface area (Å²) in [6.45, 7) is 4.51. The molecule has 6 nitrogen and oxygen atoms in total. The second kappa shape index (κ2) is 10.6. The predicted octanol–water partition coefficient (Wildman–Crippen LogP) is 1.96. The fourth-order valence-electron chi connectivity index (χ4n) is 3.22. The zero-order chi connectivity index (χ0) is 18.5. The molecule has 8 heteroatoms. The Bertz CT molecular complexity index is 720. The number of aliphatic hydroxyl groups is 1. The Labute approximate surface area is 182 Å². The molecule has 2 heterocycles. The number of hydrogen-bond acceptors (Lipinski definition) is 5. The number of nitrogens with zero attached hydrogens (tertiary/aromatic N) is 3. The quantitative estimate of drug-likeness (QED) is 0.331. The lowest BCUT2D eigenvalue weighted by atomic mass is 10.2. The van der Waals surface area contributed by atoms with Crippen LogP contribution in [0.15, 0.2) is 35.3 Å². The van der Waals surface area contributed by atoms with E-state index in [0.29, 0.717) is 12.6 Å². The maximum Gasteiger partial charge on any atom is 0.191 e. The second-order valence-electron chi connectivity index (χ2n) is 6.93. The summed E-state index contributed by atoms with van der Waals surface area (Å²) < 4.78 is 1.20. The fraction of sp³-hybridized carbons (Fsp3) is 0.526. The molecule has 1 aromatic heterocycles. The van der Waals surface area contributed by atoms with E-state index >= 15 is 0 Å². The van der Waals surface area contributed by atoms with Crippen LogP contribution in [0.4, 0.5) is 0 Å². The van der Waals surface area contributed by atoms with Gasteiger partial charge in [0.25, 0.3) is 0 Å². The third-order valence-electron chi connectivity index (χ3n) is 4.94. The van der Waals surface area contributed by atoms with Crippen molar-refractivity contribution < 1.29 is 5.11 Å². The van der Waals surface area contributed by atoms with Gasteiger partial charge in [-0.15, -0.1) is 35.3 Å². The molecule has 0 amide bonds. The molecule has 0 aliphatic carbocycles. The number of benzene rings is 1. The molecule has 1 aliphatic heterocycles. The van der Waals surface area contributed by atoms with E-state index in [4.69, 9.17) is 0 Å². The van der Waals surface area contributed by atoms with E-state index in [1.54, 1.807) is 18.4 Å². The standard InChI is InChI=1S/C19H29N5OS.HI/c1-20-19(21-11-15-13-23(2)8-9-24(15)3)22-12-16(25)18-10-14-6-4-5-7-17(14)26-18;/h4-7,10,15-16,25H,8-9,11-13H2,1-3H3,(H2,20,21,22);1H. The Kier molecular flexibility index (Phi) is 8.74. The van der Waals surface area contributed by atoms with Gasteiger partial charge in [-0.25, -0.2) is 0 Å². The van der Waals surface area contributed by atoms with Gasteiger partial charge in [0.05, 0.1) is 0 Å². The monoisotopic (exact) mass is 503 g/mol. The third-order valence-corrected chi connectivity index (χ3v) is 6.16. The second-order valence-corrected chi connectivity index (χ2v) is 8.05. The van der Waals surface area contributed by atoms with Crippen LogP contribution in [0.2, 0.25) is 0 Å². The minimum atomic E-state index is -0.547. The Morgan fingerprint density at radius 1 is 1.30 bits per heavy atom. The summed E-state index contributed by atoms with van der Waals surface area (Å²) in [6, 6.07) is 10.7. The number of likely N-dealkylation sites (N-methyl/N-ethyl adjacent to an activating group) is 2. The summed E-state index contributed by atoms with van der Waals surface area (Å²) in [5.41, 5.74) is 0. The molecule has 1 saturated heterocycles. The summed E-state index contributed by atoms with van der Waals surface area (Å²) in [5, 5.41) is 18.3. The Morgan fingerprint density at radius 3 is 2.81 bits per heavy atom. The summed E-state index contributed by atoms with van der Waals surface area (Å²) in [4.78, 5) is 9.99. The maximum atomic E-state index is 10.5. The number of guanidine groups is 1. The van der Waals surface area contributed by atoms with Gasteiger partial charge in [0.15, 0.2) is 5.96 Å². The van der Waals surface area contributed by atoms with Crippen molar-refractivity contribution in [1.29, 1.82) is 0 Å². The topological polar surface area (TPSA) is 63.1 Å². The normalized spacial score (nSPS) is 20.3. The SMILES string of the molecule is CN=C(NCC(O)c1cc2ccccc2s1)NCC1CN(C)CCN1C.I. The zero-order valence-corrected chi connectivity index (χ0v) is 19.3. The molecule has 2 aromatic rings. The first-order chi connectivity index (χ1) is 12.6. The van der Waals surface area contributed by atoms with Gasteiger partial charge in [0.2, 0.25) is 0 Å². The van der Waals surface area contributed by atoms with Crippen LogP contribution in [0.5, 0.6) is 0 Å². The average Bonchev–Trinajstić information content (AvgIpc) is 3.08. The van der Waals surface area contributed by atoms with Crippen LogP contribution in [0.1, 0.15) is 11.0 Å². The number of fused-ring (bicyclic) bond motifs is 1. The molecule has 0 radical (unpaired) electrons. The Balaban J connectivity index is 0.00000261. The van der Waals surface area contributed by atoms with Gasteiger partial charge in [-0.05, 0) is 31.6 Å². The number of halogens is 1. The number of hydrogen-bond donors (Lipinski definition) is 3. The average molecular weight is 503 g/mol. The van der Waals surface area contributed by atoms with Gasteiger partial charge in [-0.2, -0.15) is 0 Å².